The Morgan fingerprint density at radius 3 is 2.65 bits per heavy atom. The van der Waals surface area contributed by atoms with Crippen molar-refractivity contribution in [3.63, 3.8) is 0 Å². The second-order valence-corrected chi connectivity index (χ2v) is 3.36. The number of halogens is 3. The van der Waals surface area contributed by atoms with Gasteiger partial charge in [-0.25, -0.2) is 9.50 Å². The molecular weight excluding hydrogens is 239 g/mol. The first-order chi connectivity index (χ1) is 7.80. The van der Waals surface area contributed by atoms with Gasteiger partial charge in [0.25, 0.3) is 0 Å². The molecule has 2 heterocycles. The Morgan fingerprint density at radius 2 is 2.12 bits per heavy atom. The minimum atomic E-state index is -4.64. The van der Waals surface area contributed by atoms with Crippen molar-refractivity contribution in [3.8, 4) is 0 Å². The first-order valence-corrected chi connectivity index (χ1v) is 4.44. The van der Waals surface area contributed by atoms with Gasteiger partial charge in [0.15, 0.2) is 5.65 Å². The van der Waals surface area contributed by atoms with E-state index < -0.39 is 23.4 Å². The van der Waals surface area contributed by atoms with Gasteiger partial charge in [0.05, 0.1) is 17.7 Å². The smallest absolute Gasteiger partial charge is 0.433 e. The Morgan fingerprint density at radius 1 is 1.47 bits per heavy atom. The average Bonchev–Trinajstić information content (AvgIpc) is 2.57. The van der Waals surface area contributed by atoms with Gasteiger partial charge in [-0.15, -0.1) is 0 Å². The molecule has 0 fully saturated rings. The number of aromatic nitrogens is 3. The number of alkyl halides is 3. The molecule has 0 radical (unpaired) electrons. The van der Waals surface area contributed by atoms with Crippen molar-refractivity contribution in [2.24, 2.45) is 0 Å². The number of rotatable bonds is 1. The quantitative estimate of drug-likeness (QED) is 0.728. The van der Waals surface area contributed by atoms with E-state index in [9.17, 15) is 23.1 Å². The number of hydrogen-bond acceptors (Lipinski definition) is 4. The minimum absolute atomic E-state index is 0.0489. The fourth-order valence-electron chi connectivity index (χ4n) is 1.43. The lowest BCUT2D eigenvalue weighted by molar-refractivity contribution is -0.254. The minimum Gasteiger partial charge on any atom is -0.545 e. The van der Waals surface area contributed by atoms with Crippen molar-refractivity contribution in [1.29, 1.82) is 0 Å². The summed E-state index contributed by atoms with van der Waals surface area (Å²) in [7, 11) is 0. The van der Waals surface area contributed by atoms with E-state index in [-0.39, 0.29) is 11.3 Å². The van der Waals surface area contributed by atoms with Crippen LogP contribution in [0.2, 0.25) is 0 Å². The van der Waals surface area contributed by atoms with Crippen LogP contribution in [0.4, 0.5) is 13.2 Å². The average molecular weight is 244 g/mol. The standard InChI is InChI=1S/C9H6F3N3O2/c1-4-2-6(9(10,11)12)15-7(14-4)5(3-13-15)8(16)17/h2-3H,1H3,(H,16,17)/p-1. The fourth-order valence-corrected chi connectivity index (χ4v) is 1.43. The first kappa shape index (κ1) is 11.4. The Hall–Kier alpha value is -2.12. The molecule has 0 spiro atoms. The number of nitrogens with zero attached hydrogens (tertiary/aromatic N) is 3. The van der Waals surface area contributed by atoms with E-state index in [0.29, 0.717) is 4.52 Å². The van der Waals surface area contributed by atoms with Gasteiger partial charge in [-0.2, -0.15) is 18.3 Å². The van der Waals surface area contributed by atoms with Crippen LogP contribution in [0, 0.1) is 6.92 Å². The number of carboxylic acid groups (broad SMARTS) is 1. The van der Waals surface area contributed by atoms with Crippen molar-refractivity contribution in [2.75, 3.05) is 0 Å². The highest BCUT2D eigenvalue weighted by Gasteiger charge is 2.35. The zero-order valence-corrected chi connectivity index (χ0v) is 8.45. The number of carboxylic acids is 1. The van der Waals surface area contributed by atoms with Gasteiger partial charge in [0.2, 0.25) is 0 Å². The van der Waals surface area contributed by atoms with Gasteiger partial charge >= 0.3 is 6.18 Å². The Bertz CT molecular complexity index is 603. The molecule has 0 aliphatic heterocycles. The fraction of sp³-hybridized carbons (Fsp3) is 0.222. The number of carbonyl (C=O) groups excluding carboxylic acids is 1. The molecule has 0 bridgehead atoms. The molecule has 5 nitrogen and oxygen atoms in total. The van der Waals surface area contributed by atoms with Crippen molar-refractivity contribution in [3.05, 3.63) is 29.2 Å². The van der Waals surface area contributed by atoms with E-state index in [1.54, 1.807) is 0 Å². The summed E-state index contributed by atoms with van der Waals surface area (Å²) < 4.78 is 38.4. The third-order valence-electron chi connectivity index (χ3n) is 2.11. The van der Waals surface area contributed by atoms with E-state index in [0.717, 1.165) is 12.3 Å². The molecule has 0 saturated carbocycles. The molecule has 0 N–H and O–H groups in total. The number of fused-ring (bicyclic) bond motifs is 1. The number of aromatic carboxylic acids is 1. The van der Waals surface area contributed by atoms with Crippen molar-refractivity contribution >= 4 is 11.6 Å². The van der Waals surface area contributed by atoms with Gasteiger partial charge < -0.3 is 9.90 Å². The molecule has 0 aliphatic rings. The Labute approximate surface area is 92.5 Å². The summed E-state index contributed by atoms with van der Waals surface area (Å²) in [6, 6.07) is 0.791. The summed E-state index contributed by atoms with van der Waals surface area (Å²) >= 11 is 0. The van der Waals surface area contributed by atoms with E-state index in [4.69, 9.17) is 0 Å². The summed E-state index contributed by atoms with van der Waals surface area (Å²) in [5, 5.41) is 14.0. The predicted octanol–water partition coefficient (Wildman–Crippen LogP) is 0.420. The van der Waals surface area contributed by atoms with Gasteiger partial charge in [-0.1, -0.05) is 0 Å². The summed E-state index contributed by atoms with van der Waals surface area (Å²) in [5.41, 5.74) is -1.88. The number of aryl methyl sites for hydroxylation is 1. The van der Waals surface area contributed by atoms with Gasteiger partial charge in [-0.3, -0.25) is 0 Å². The third kappa shape index (κ3) is 1.81. The van der Waals surface area contributed by atoms with Crippen molar-refractivity contribution < 1.29 is 23.1 Å². The van der Waals surface area contributed by atoms with Crippen LogP contribution in [0.25, 0.3) is 5.65 Å². The molecule has 2 aromatic rings. The SMILES string of the molecule is Cc1cc(C(F)(F)F)n2ncc(C(=O)[O-])c2n1. The first-order valence-electron chi connectivity index (χ1n) is 4.44. The number of hydrogen-bond donors (Lipinski definition) is 0. The predicted molar refractivity (Wildman–Crippen MR) is 47.1 cm³/mol. The largest absolute Gasteiger partial charge is 0.545 e. The van der Waals surface area contributed by atoms with Gasteiger partial charge in [0, 0.05) is 5.69 Å². The summed E-state index contributed by atoms with van der Waals surface area (Å²) in [6.45, 7) is 1.33. The van der Waals surface area contributed by atoms with Crippen LogP contribution >= 0.6 is 0 Å². The maximum atomic E-state index is 12.7. The van der Waals surface area contributed by atoms with Crippen molar-refractivity contribution in [1.82, 2.24) is 14.6 Å². The second-order valence-electron chi connectivity index (χ2n) is 3.36. The van der Waals surface area contributed by atoms with E-state index in [2.05, 4.69) is 10.1 Å². The molecule has 2 aromatic heterocycles. The van der Waals surface area contributed by atoms with E-state index in [1.807, 2.05) is 0 Å². The van der Waals surface area contributed by atoms with Gasteiger partial charge in [0.1, 0.15) is 5.69 Å². The topological polar surface area (TPSA) is 70.3 Å². The molecule has 0 atom stereocenters. The van der Waals surface area contributed by atoms with Crippen LogP contribution in [-0.4, -0.2) is 20.6 Å². The third-order valence-corrected chi connectivity index (χ3v) is 2.11. The second kappa shape index (κ2) is 3.44. The maximum Gasteiger partial charge on any atom is 0.433 e. The van der Waals surface area contributed by atoms with Crippen LogP contribution in [-0.2, 0) is 6.18 Å². The van der Waals surface area contributed by atoms with Crippen LogP contribution in [0.15, 0.2) is 12.3 Å². The van der Waals surface area contributed by atoms with E-state index in [1.165, 1.54) is 6.92 Å². The van der Waals surface area contributed by atoms with Crippen molar-refractivity contribution in [2.45, 2.75) is 13.1 Å². The molecule has 0 amide bonds. The molecule has 0 unspecified atom stereocenters. The maximum absolute atomic E-state index is 12.7. The zero-order chi connectivity index (χ0) is 12.8. The molecular formula is C9H5F3N3O2-. The highest BCUT2D eigenvalue weighted by molar-refractivity contribution is 5.92. The lowest BCUT2D eigenvalue weighted by atomic mass is 10.3. The highest BCUT2D eigenvalue weighted by Crippen LogP contribution is 2.30. The molecule has 90 valence electrons. The van der Waals surface area contributed by atoms with Crippen LogP contribution < -0.4 is 5.11 Å². The normalized spacial score (nSPS) is 12.0. The van der Waals surface area contributed by atoms with Crippen LogP contribution in [0.1, 0.15) is 21.7 Å². The summed E-state index contributed by atoms with van der Waals surface area (Å²) in [4.78, 5) is 14.4. The highest BCUT2D eigenvalue weighted by atomic mass is 19.4. The molecule has 8 heteroatoms. The summed E-state index contributed by atoms with van der Waals surface area (Å²) in [6.07, 6.45) is -3.85. The zero-order valence-electron chi connectivity index (χ0n) is 8.45. The molecule has 0 aliphatic carbocycles. The number of carbonyl (C=O) groups is 1. The molecule has 2 rings (SSSR count). The van der Waals surface area contributed by atoms with Gasteiger partial charge in [-0.05, 0) is 13.0 Å². The molecule has 17 heavy (non-hydrogen) atoms. The Kier molecular flexibility index (Phi) is 2.30. The lowest BCUT2D eigenvalue weighted by Gasteiger charge is -2.09. The molecule has 0 saturated heterocycles. The van der Waals surface area contributed by atoms with E-state index >= 15 is 0 Å². The Balaban J connectivity index is 2.84. The van der Waals surface area contributed by atoms with Crippen LogP contribution in [0.3, 0.4) is 0 Å². The monoisotopic (exact) mass is 244 g/mol. The molecule has 0 aromatic carbocycles. The summed E-state index contributed by atoms with van der Waals surface area (Å²) in [5.74, 6) is -1.62. The van der Waals surface area contributed by atoms with Crippen LogP contribution in [0.5, 0.6) is 0 Å². The lowest BCUT2D eigenvalue weighted by Crippen LogP contribution is -2.22.